The number of hydrogen-bond donors (Lipinski definition) is 1. The number of rotatable bonds is 5. The normalized spacial score (nSPS) is 12.4. The van der Waals surface area contributed by atoms with Gasteiger partial charge in [-0.05, 0) is 31.2 Å². The molecule has 1 atom stereocenters. The molecule has 19 heavy (non-hydrogen) atoms. The molecular weight excluding hydrogens is 286 g/mol. The summed E-state index contributed by atoms with van der Waals surface area (Å²) in [5, 5.41) is 3.30. The van der Waals surface area contributed by atoms with Gasteiger partial charge in [0.1, 0.15) is 5.76 Å². The van der Waals surface area contributed by atoms with Crippen LogP contribution in [0.4, 0.5) is 0 Å². The summed E-state index contributed by atoms with van der Waals surface area (Å²) in [4.78, 5) is 12.4. The van der Waals surface area contributed by atoms with Crippen LogP contribution in [0.5, 0.6) is 0 Å². The molecular formula is C13H14ClNO3S. The summed E-state index contributed by atoms with van der Waals surface area (Å²) in [7, 11) is 1.32. The Balaban J connectivity index is 1.91. The van der Waals surface area contributed by atoms with Gasteiger partial charge in [0.15, 0.2) is 0 Å². The van der Waals surface area contributed by atoms with Crippen LogP contribution in [0, 0.1) is 0 Å². The number of hydrogen-bond acceptors (Lipinski definition) is 5. The third kappa shape index (κ3) is 3.59. The predicted molar refractivity (Wildman–Crippen MR) is 74.6 cm³/mol. The molecule has 0 aliphatic rings. The Bertz CT molecular complexity index is 564. The van der Waals surface area contributed by atoms with E-state index in [9.17, 15) is 4.79 Å². The molecule has 102 valence electrons. The minimum atomic E-state index is -0.468. The lowest BCUT2D eigenvalue weighted by Crippen LogP contribution is -2.16. The second-order valence-electron chi connectivity index (χ2n) is 4.00. The Morgan fingerprint density at radius 2 is 2.26 bits per heavy atom. The average Bonchev–Trinajstić information content (AvgIpc) is 3.04. The number of halogens is 1. The molecule has 4 nitrogen and oxygen atoms in total. The Labute approximate surface area is 120 Å². The summed E-state index contributed by atoms with van der Waals surface area (Å²) in [6, 6.07) is 7.40. The molecule has 0 fully saturated rings. The monoisotopic (exact) mass is 299 g/mol. The van der Waals surface area contributed by atoms with E-state index in [1.54, 1.807) is 23.5 Å². The molecule has 0 amide bonds. The molecule has 0 aromatic carbocycles. The molecule has 0 saturated heterocycles. The number of ether oxygens (including phenoxy) is 1. The van der Waals surface area contributed by atoms with Crippen LogP contribution < -0.4 is 5.32 Å². The van der Waals surface area contributed by atoms with Crippen LogP contribution in [0.15, 0.2) is 28.7 Å². The second kappa shape index (κ2) is 6.23. The topological polar surface area (TPSA) is 51.5 Å². The molecule has 2 aromatic heterocycles. The molecule has 2 rings (SSSR count). The summed E-state index contributed by atoms with van der Waals surface area (Å²) in [5.74, 6) is 0.436. The number of nitrogens with one attached hydrogen (secondary N) is 1. The van der Waals surface area contributed by atoms with Gasteiger partial charge in [-0.2, -0.15) is 0 Å². The van der Waals surface area contributed by atoms with Crippen molar-refractivity contribution in [3.8, 4) is 0 Å². The second-order valence-corrected chi connectivity index (χ2v) is 5.75. The van der Waals surface area contributed by atoms with Crippen LogP contribution in [0.3, 0.4) is 0 Å². The standard InChI is InChI=1S/C13H14ClNO3S/c1-8(11-5-6-12(14)19-11)15-7-9-3-4-10(18-9)13(16)17-2/h3-6,8,15H,7H2,1-2H3. The van der Waals surface area contributed by atoms with Crippen molar-refractivity contribution in [3.05, 3.63) is 45.0 Å². The molecule has 0 aliphatic carbocycles. The maximum Gasteiger partial charge on any atom is 0.373 e. The predicted octanol–water partition coefficient (Wildman–Crippen LogP) is 3.63. The highest BCUT2D eigenvalue weighted by molar-refractivity contribution is 7.16. The minimum Gasteiger partial charge on any atom is -0.463 e. The molecule has 0 radical (unpaired) electrons. The third-order valence-electron chi connectivity index (χ3n) is 2.65. The average molecular weight is 300 g/mol. The van der Waals surface area contributed by atoms with Gasteiger partial charge in [-0.3, -0.25) is 0 Å². The van der Waals surface area contributed by atoms with Crippen molar-refractivity contribution in [2.45, 2.75) is 19.5 Å². The van der Waals surface area contributed by atoms with E-state index in [1.165, 1.54) is 7.11 Å². The largest absolute Gasteiger partial charge is 0.463 e. The molecule has 0 aliphatic heterocycles. The summed E-state index contributed by atoms with van der Waals surface area (Å²) >= 11 is 7.44. The van der Waals surface area contributed by atoms with Crippen molar-refractivity contribution < 1.29 is 13.9 Å². The maximum absolute atomic E-state index is 11.2. The fraction of sp³-hybridized carbons (Fsp3) is 0.308. The van der Waals surface area contributed by atoms with Crippen molar-refractivity contribution >= 4 is 28.9 Å². The minimum absolute atomic E-state index is 0.171. The Hall–Kier alpha value is -1.30. The first-order chi connectivity index (χ1) is 9.10. The van der Waals surface area contributed by atoms with Crippen molar-refractivity contribution in [3.63, 3.8) is 0 Å². The lowest BCUT2D eigenvalue weighted by atomic mass is 10.2. The molecule has 0 bridgehead atoms. The summed E-state index contributed by atoms with van der Waals surface area (Å²) in [5.41, 5.74) is 0. The van der Waals surface area contributed by atoms with Gasteiger partial charge in [-0.1, -0.05) is 11.6 Å². The summed E-state index contributed by atoms with van der Waals surface area (Å²) in [6.07, 6.45) is 0. The quantitative estimate of drug-likeness (QED) is 0.857. The molecule has 6 heteroatoms. The number of methoxy groups -OCH3 is 1. The lowest BCUT2D eigenvalue weighted by Gasteiger charge is -2.10. The zero-order valence-electron chi connectivity index (χ0n) is 10.6. The third-order valence-corrected chi connectivity index (χ3v) is 4.07. The van der Waals surface area contributed by atoms with E-state index < -0.39 is 5.97 Å². The highest BCUT2D eigenvalue weighted by atomic mass is 35.5. The fourth-order valence-electron chi connectivity index (χ4n) is 1.60. The summed E-state index contributed by atoms with van der Waals surface area (Å²) in [6.45, 7) is 2.58. The van der Waals surface area contributed by atoms with Gasteiger partial charge in [-0.15, -0.1) is 11.3 Å². The zero-order valence-corrected chi connectivity index (χ0v) is 12.2. The Morgan fingerprint density at radius 1 is 1.47 bits per heavy atom. The SMILES string of the molecule is COC(=O)c1ccc(CNC(C)c2ccc(Cl)s2)o1. The number of carbonyl (C=O) groups is 1. The highest BCUT2D eigenvalue weighted by Gasteiger charge is 2.12. The van der Waals surface area contributed by atoms with E-state index in [1.807, 2.05) is 19.1 Å². The van der Waals surface area contributed by atoms with Gasteiger partial charge in [0.25, 0.3) is 0 Å². The molecule has 1 N–H and O–H groups in total. The van der Waals surface area contributed by atoms with E-state index >= 15 is 0 Å². The molecule has 0 saturated carbocycles. The molecule has 0 spiro atoms. The zero-order chi connectivity index (χ0) is 13.8. The van der Waals surface area contributed by atoms with Crippen LogP contribution in [-0.4, -0.2) is 13.1 Å². The van der Waals surface area contributed by atoms with Crippen molar-refractivity contribution in [2.75, 3.05) is 7.11 Å². The van der Waals surface area contributed by atoms with E-state index in [0.717, 1.165) is 9.21 Å². The first-order valence-corrected chi connectivity index (χ1v) is 6.95. The van der Waals surface area contributed by atoms with Gasteiger partial charge in [-0.25, -0.2) is 4.79 Å². The number of carbonyl (C=O) groups excluding carboxylic acids is 1. The lowest BCUT2D eigenvalue weighted by molar-refractivity contribution is 0.0563. The Morgan fingerprint density at radius 3 is 2.89 bits per heavy atom. The van der Waals surface area contributed by atoms with Gasteiger partial charge < -0.3 is 14.5 Å². The van der Waals surface area contributed by atoms with Crippen molar-refractivity contribution in [1.82, 2.24) is 5.32 Å². The first-order valence-electron chi connectivity index (χ1n) is 5.76. The van der Waals surface area contributed by atoms with Gasteiger partial charge >= 0.3 is 5.97 Å². The van der Waals surface area contributed by atoms with Crippen molar-refractivity contribution in [1.29, 1.82) is 0 Å². The van der Waals surface area contributed by atoms with E-state index in [-0.39, 0.29) is 11.8 Å². The Kier molecular flexibility index (Phi) is 4.63. The number of thiophene rings is 1. The van der Waals surface area contributed by atoms with Crippen LogP contribution >= 0.6 is 22.9 Å². The number of furan rings is 1. The van der Waals surface area contributed by atoms with Crippen molar-refractivity contribution in [2.24, 2.45) is 0 Å². The van der Waals surface area contributed by atoms with Crippen LogP contribution in [0.25, 0.3) is 0 Å². The molecule has 2 aromatic rings. The first kappa shape index (κ1) is 14.1. The van der Waals surface area contributed by atoms with E-state index in [0.29, 0.717) is 12.3 Å². The van der Waals surface area contributed by atoms with Gasteiger partial charge in [0.05, 0.1) is 18.0 Å². The maximum atomic E-state index is 11.2. The van der Waals surface area contributed by atoms with Crippen LogP contribution in [0.2, 0.25) is 4.34 Å². The highest BCUT2D eigenvalue weighted by Crippen LogP contribution is 2.26. The molecule has 2 heterocycles. The number of esters is 1. The molecule has 1 unspecified atom stereocenters. The van der Waals surface area contributed by atoms with Crippen LogP contribution in [-0.2, 0) is 11.3 Å². The smallest absolute Gasteiger partial charge is 0.373 e. The van der Waals surface area contributed by atoms with Gasteiger partial charge in [0, 0.05) is 10.9 Å². The van der Waals surface area contributed by atoms with Crippen LogP contribution in [0.1, 0.15) is 34.2 Å². The summed E-state index contributed by atoms with van der Waals surface area (Å²) < 4.78 is 10.7. The van der Waals surface area contributed by atoms with E-state index in [2.05, 4.69) is 10.1 Å². The van der Waals surface area contributed by atoms with E-state index in [4.69, 9.17) is 16.0 Å². The van der Waals surface area contributed by atoms with Gasteiger partial charge in [0.2, 0.25) is 5.76 Å². The fourth-order valence-corrected chi connectivity index (χ4v) is 2.69.